The van der Waals surface area contributed by atoms with Gasteiger partial charge in [-0.1, -0.05) is 13.3 Å². The summed E-state index contributed by atoms with van der Waals surface area (Å²) in [6.07, 6.45) is 2.28. The van der Waals surface area contributed by atoms with E-state index in [0.717, 1.165) is 19.6 Å². The third-order valence-corrected chi connectivity index (χ3v) is 3.31. The van der Waals surface area contributed by atoms with Crippen molar-refractivity contribution in [3.8, 4) is 0 Å². The van der Waals surface area contributed by atoms with E-state index in [4.69, 9.17) is 8.85 Å². The van der Waals surface area contributed by atoms with Crippen LogP contribution in [-0.2, 0) is 8.85 Å². The molecule has 0 amide bonds. The zero-order chi connectivity index (χ0) is 10.7. The molecule has 14 heavy (non-hydrogen) atoms. The first-order valence-corrected chi connectivity index (χ1v) is 7.92. The summed E-state index contributed by atoms with van der Waals surface area (Å²) >= 11 is 0. The molecule has 0 unspecified atom stereocenters. The molecule has 0 atom stereocenters. The van der Waals surface area contributed by atoms with Gasteiger partial charge in [0.1, 0.15) is 0 Å². The molecule has 0 aliphatic heterocycles. The van der Waals surface area contributed by atoms with E-state index in [0.29, 0.717) is 0 Å². The van der Waals surface area contributed by atoms with Crippen molar-refractivity contribution in [2.45, 2.75) is 46.7 Å². The first-order valence-electron chi connectivity index (χ1n) is 5.11. The Hall–Kier alpha value is 0.734. The summed E-state index contributed by atoms with van der Waals surface area (Å²) in [5.74, 6) is 0. The maximum atomic E-state index is 5.39. The quantitative estimate of drug-likeness (QED) is 0.485. The van der Waals surface area contributed by atoms with Crippen molar-refractivity contribution in [2.75, 3.05) is 13.2 Å². The first-order chi connectivity index (χ1) is 6.04. The predicted molar refractivity (Wildman–Crippen MR) is 61.0 cm³/mol. The van der Waals surface area contributed by atoms with E-state index >= 15 is 0 Å². The molecule has 0 saturated carbocycles. The summed E-state index contributed by atoms with van der Waals surface area (Å²) in [4.78, 5) is 0. The Labute approximate surface area is 103 Å². The molecule has 82 valence electrons. The molecule has 0 spiro atoms. The van der Waals surface area contributed by atoms with E-state index in [9.17, 15) is 0 Å². The Bertz CT molecular complexity index is 90.1. The molecular weight excluding hydrogens is 187 g/mol. The zero-order valence-corrected chi connectivity index (χ0v) is 11.9. The van der Waals surface area contributed by atoms with Gasteiger partial charge in [0.05, 0.1) is 0 Å². The van der Waals surface area contributed by atoms with Gasteiger partial charge in [-0.2, -0.15) is 6.42 Å². The fraction of sp³-hybridized carbons (Fsp3) is 0.900. The monoisotopic (exact) mass is 212 g/mol. The van der Waals surface area contributed by atoms with Crippen molar-refractivity contribution in [2.24, 2.45) is 0 Å². The van der Waals surface area contributed by atoms with Gasteiger partial charge >= 0.3 is 27.4 Å². The molecule has 0 saturated heterocycles. The van der Waals surface area contributed by atoms with E-state index in [1.807, 2.05) is 13.8 Å². The average Bonchev–Trinajstić information content (AvgIpc) is 2.04. The minimum absolute atomic E-state index is 0. The fourth-order valence-electron chi connectivity index (χ4n) is 0.737. The van der Waals surface area contributed by atoms with Gasteiger partial charge in [0.15, 0.2) is 0 Å². The van der Waals surface area contributed by atoms with Crippen LogP contribution in [0.3, 0.4) is 0 Å². The van der Waals surface area contributed by atoms with Gasteiger partial charge in [0.2, 0.25) is 0 Å². The van der Waals surface area contributed by atoms with Crippen molar-refractivity contribution in [3.63, 3.8) is 0 Å². The van der Waals surface area contributed by atoms with Crippen LogP contribution in [0.15, 0.2) is 0 Å². The molecule has 0 fully saturated rings. The molecule has 0 aliphatic carbocycles. The molecule has 0 bridgehead atoms. The molecule has 0 radical (unpaired) electrons. The molecule has 4 heteroatoms. The van der Waals surface area contributed by atoms with Gasteiger partial charge in [-0.05, 0) is 26.9 Å². The maximum Gasteiger partial charge on any atom is 1.00 e. The van der Waals surface area contributed by atoms with Crippen LogP contribution in [0.5, 0.6) is 0 Å². The van der Waals surface area contributed by atoms with Crippen LogP contribution < -0.4 is 18.9 Å². The van der Waals surface area contributed by atoms with Gasteiger partial charge in [0.25, 0.3) is 0 Å². The normalized spacial score (nSPS) is 9.86. The zero-order valence-electron chi connectivity index (χ0n) is 10.9. The third kappa shape index (κ3) is 18.5. The molecule has 0 aromatic rings. The van der Waals surface area contributed by atoms with Crippen LogP contribution in [0.1, 0.15) is 33.6 Å². The summed E-state index contributed by atoms with van der Waals surface area (Å²) in [6.45, 7) is 15.3. The second-order valence-electron chi connectivity index (χ2n) is 3.12. The Morgan fingerprint density at radius 1 is 1.00 bits per heavy atom. The summed E-state index contributed by atoms with van der Waals surface area (Å²) < 4.78 is 10.8. The van der Waals surface area contributed by atoms with Gasteiger partial charge in [-0.3, -0.25) is 0 Å². The third-order valence-electron chi connectivity index (χ3n) is 1.34. The minimum atomic E-state index is -1.70. The Morgan fingerprint density at radius 2 is 1.29 bits per heavy atom. The molecule has 0 aromatic carbocycles. The molecule has 2 nitrogen and oxygen atoms in total. The number of hydrogen-bond acceptors (Lipinski definition) is 2. The summed E-state index contributed by atoms with van der Waals surface area (Å²) in [6, 6.07) is 0. The summed E-state index contributed by atoms with van der Waals surface area (Å²) in [5, 5.41) is 0. The van der Waals surface area contributed by atoms with Gasteiger partial charge < -0.3 is 15.8 Å². The van der Waals surface area contributed by atoms with E-state index in [2.05, 4.69) is 26.9 Å². The Morgan fingerprint density at radius 3 is 1.43 bits per heavy atom. The van der Waals surface area contributed by atoms with Crippen molar-refractivity contribution in [1.29, 1.82) is 0 Å². The minimum Gasteiger partial charge on any atom is -0.395 e. The largest absolute Gasteiger partial charge is 1.00 e. The number of hydrogen-bond donors (Lipinski definition) is 0. The molecule has 0 heterocycles. The average molecular weight is 212 g/mol. The molecule has 0 rings (SSSR count). The fourth-order valence-corrected chi connectivity index (χ4v) is 2.21. The standard InChI is InChI=1S/C6H16O2Si.C4H9.Li/c1-5-7-9(3,4)8-6-2;1-3-4-2;/h5-6H2,1-4H3;1,3-4H2,2H3;/q;-1;+1. The smallest absolute Gasteiger partial charge is 0.395 e. The van der Waals surface area contributed by atoms with Crippen LogP contribution in [0.25, 0.3) is 0 Å². The second kappa shape index (κ2) is 13.7. The van der Waals surface area contributed by atoms with Crippen LogP contribution in [0.4, 0.5) is 0 Å². The molecule has 0 aliphatic rings. The van der Waals surface area contributed by atoms with Crippen LogP contribution in [0.2, 0.25) is 13.1 Å². The van der Waals surface area contributed by atoms with Gasteiger partial charge in [-0.15, -0.1) is 0 Å². The van der Waals surface area contributed by atoms with Crippen LogP contribution in [-0.4, -0.2) is 21.8 Å². The van der Waals surface area contributed by atoms with Gasteiger partial charge in [0, 0.05) is 13.2 Å². The Balaban J connectivity index is -0.000000209. The number of unbranched alkanes of at least 4 members (excludes halogenated alkanes) is 1. The van der Waals surface area contributed by atoms with E-state index in [-0.39, 0.29) is 18.9 Å². The number of rotatable bonds is 5. The summed E-state index contributed by atoms with van der Waals surface area (Å²) in [5.41, 5.74) is 0. The van der Waals surface area contributed by atoms with Crippen LogP contribution in [0, 0.1) is 6.92 Å². The van der Waals surface area contributed by atoms with Crippen molar-refractivity contribution in [3.05, 3.63) is 6.92 Å². The van der Waals surface area contributed by atoms with Gasteiger partial charge in [-0.25, -0.2) is 0 Å². The molecule has 0 N–H and O–H groups in total. The van der Waals surface area contributed by atoms with Crippen molar-refractivity contribution in [1.82, 2.24) is 0 Å². The van der Waals surface area contributed by atoms with E-state index < -0.39 is 8.56 Å². The first kappa shape index (κ1) is 20.2. The van der Waals surface area contributed by atoms with Crippen molar-refractivity contribution >= 4 is 8.56 Å². The van der Waals surface area contributed by atoms with E-state index in [1.165, 1.54) is 6.42 Å². The SMILES string of the molecule is CCO[Si](C)(C)OCC.[CH2-]CCC.[Li+]. The topological polar surface area (TPSA) is 18.5 Å². The second-order valence-corrected chi connectivity index (χ2v) is 6.50. The Kier molecular flexibility index (Phi) is 19.8. The van der Waals surface area contributed by atoms with Crippen molar-refractivity contribution < 1.29 is 27.7 Å². The molecular formula is C10H25LiO2Si. The summed E-state index contributed by atoms with van der Waals surface area (Å²) in [7, 11) is -1.70. The van der Waals surface area contributed by atoms with Crippen LogP contribution >= 0.6 is 0 Å². The molecule has 0 aromatic heterocycles. The maximum absolute atomic E-state index is 5.39. The predicted octanol–water partition coefficient (Wildman–Crippen LogP) is 0.386. The van der Waals surface area contributed by atoms with E-state index in [1.54, 1.807) is 0 Å².